The van der Waals surface area contributed by atoms with Crippen molar-refractivity contribution in [2.75, 3.05) is 13.2 Å². The first-order chi connectivity index (χ1) is 4.68. The minimum absolute atomic E-state index is 0.162. The largest absolute Gasteiger partial charge is 0.454 e. The van der Waals surface area contributed by atoms with E-state index in [0.29, 0.717) is 5.57 Å². The molecule has 0 rings (SSSR count). The molecule has 3 heteroatoms. The first-order valence-corrected chi connectivity index (χ1v) is 2.84. The van der Waals surface area contributed by atoms with Crippen molar-refractivity contribution in [3.8, 4) is 0 Å². The zero-order chi connectivity index (χ0) is 7.98. The van der Waals surface area contributed by atoms with Crippen LogP contribution in [-0.4, -0.2) is 19.1 Å². The molecule has 0 bridgehead atoms. The van der Waals surface area contributed by atoms with E-state index in [1.165, 1.54) is 0 Å². The van der Waals surface area contributed by atoms with Crippen molar-refractivity contribution in [2.24, 2.45) is 0 Å². The second kappa shape index (κ2) is 4.57. The van der Waals surface area contributed by atoms with Gasteiger partial charge in [0.05, 0.1) is 0 Å². The molecule has 0 aliphatic heterocycles. The molecule has 0 aromatic heterocycles. The molecule has 0 fully saturated rings. The first-order valence-electron chi connectivity index (χ1n) is 2.84. The fourth-order valence-corrected chi connectivity index (χ4v) is 0.307. The van der Waals surface area contributed by atoms with E-state index in [1.54, 1.807) is 6.92 Å². The summed E-state index contributed by atoms with van der Waals surface area (Å²) in [7, 11) is 0. The van der Waals surface area contributed by atoms with Crippen LogP contribution < -0.4 is 0 Å². The molecule has 0 heterocycles. The number of carbonyl (C=O) groups is 1. The van der Waals surface area contributed by atoms with Crippen LogP contribution in [0.25, 0.3) is 4.85 Å². The van der Waals surface area contributed by atoms with Crippen molar-refractivity contribution in [1.82, 2.24) is 0 Å². The van der Waals surface area contributed by atoms with Gasteiger partial charge in [-0.15, -0.1) is 0 Å². The van der Waals surface area contributed by atoms with Crippen LogP contribution >= 0.6 is 0 Å². The van der Waals surface area contributed by atoms with E-state index in [9.17, 15) is 4.79 Å². The van der Waals surface area contributed by atoms with Gasteiger partial charge in [0.15, 0.2) is 6.61 Å². The van der Waals surface area contributed by atoms with Crippen molar-refractivity contribution in [1.29, 1.82) is 0 Å². The lowest BCUT2D eigenvalue weighted by Gasteiger charge is -1.97. The highest BCUT2D eigenvalue weighted by molar-refractivity contribution is 5.86. The maximum Gasteiger partial charge on any atom is 0.333 e. The summed E-state index contributed by atoms with van der Waals surface area (Å²) in [6.07, 6.45) is 0. The van der Waals surface area contributed by atoms with E-state index in [2.05, 4.69) is 16.2 Å². The number of carbonyl (C=O) groups excluding carboxylic acids is 1. The number of hydrogen-bond donors (Lipinski definition) is 0. The number of ether oxygens (including phenoxy) is 1. The minimum atomic E-state index is -0.427. The van der Waals surface area contributed by atoms with Crippen molar-refractivity contribution in [3.63, 3.8) is 0 Å². The zero-order valence-corrected chi connectivity index (χ0v) is 5.89. The summed E-state index contributed by atoms with van der Waals surface area (Å²) in [6.45, 7) is 11.7. The molecule has 10 heavy (non-hydrogen) atoms. The molecule has 0 amide bonds. The van der Waals surface area contributed by atoms with E-state index < -0.39 is 5.97 Å². The predicted octanol–water partition coefficient (Wildman–Crippen LogP) is 1.02. The predicted molar refractivity (Wildman–Crippen MR) is 37.2 cm³/mol. The summed E-state index contributed by atoms with van der Waals surface area (Å²) in [4.78, 5) is 13.6. The number of rotatable bonds is 3. The molecule has 0 aliphatic rings. The highest BCUT2D eigenvalue weighted by Gasteiger charge is 2.01. The topological polar surface area (TPSA) is 30.7 Å². The Kier molecular flexibility index (Phi) is 3.97. The van der Waals surface area contributed by atoms with Gasteiger partial charge in [-0.25, -0.2) is 11.4 Å². The third-order valence-electron chi connectivity index (χ3n) is 0.785. The van der Waals surface area contributed by atoms with Gasteiger partial charge >= 0.3 is 5.97 Å². The molecule has 0 radical (unpaired) electrons. The Balaban J connectivity index is 3.43. The second-order valence-corrected chi connectivity index (χ2v) is 1.80. The van der Waals surface area contributed by atoms with Crippen molar-refractivity contribution in [2.45, 2.75) is 6.92 Å². The van der Waals surface area contributed by atoms with Crippen LogP contribution in [0.3, 0.4) is 0 Å². The Hall–Kier alpha value is -1.30. The van der Waals surface area contributed by atoms with Gasteiger partial charge in [0.1, 0.15) is 0 Å². The summed E-state index contributed by atoms with van der Waals surface area (Å²) in [5.41, 5.74) is 0.366. The monoisotopic (exact) mass is 139 g/mol. The smallest absolute Gasteiger partial charge is 0.333 e. The lowest BCUT2D eigenvalue weighted by Crippen LogP contribution is -2.07. The average Bonchev–Trinajstić information content (AvgIpc) is 1.88. The van der Waals surface area contributed by atoms with Crippen LogP contribution in [0.15, 0.2) is 12.2 Å². The molecule has 0 saturated heterocycles. The highest BCUT2D eigenvalue weighted by atomic mass is 16.5. The maximum atomic E-state index is 10.6. The first kappa shape index (κ1) is 8.70. The van der Waals surface area contributed by atoms with Gasteiger partial charge in [-0.3, -0.25) is 0 Å². The second-order valence-electron chi connectivity index (χ2n) is 1.80. The van der Waals surface area contributed by atoms with Crippen LogP contribution in [0.2, 0.25) is 0 Å². The summed E-state index contributed by atoms with van der Waals surface area (Å²) in [6, 6.07) is 0. The Morgan fingerprint density at radius 1 is 1.80 bits per heavy atom. The number of esters is 1. The van der Waals surface area contributed by atoms with Crippen LogP contribution in [0, 0.1) is 6.57 Å². The minimum Gasteiger partial charge on any atom is -0.454 e. The Morgan fingerprint density at radius 2 is 2.40 bits per heavy atom. The van der Waals surface area contributed by atoms with Gasteiger partial charge in [-0.1, -0.05) is 6.58 Å². The highest BCUT2D eigenvalue weighted by Crippen LogP contribution is 1.90. The van der Waals surface area contributed by atoms with E-state index in [0.717, 1.165) is 0 Å². The molecule has 54 valence electrons. The van der Waals surface area contributed by atoms with E-state index in [1.807, 2.05) is 0 Å². The maximum absolute atomic E-state index is 10.6. The van der Waals surface area contributed by atoms with Crippen LogP contribution in [-0.2, 0) is 9.53 Å². The Labute approximate surface area is 60.1 Å². The SMILES string of the molecule is [C-]#[N+]CCOC(=O)C(=C)C. The Morgan fingerprint density at radius 3 is 2.80 bits per heavy atom. The van der Waals surface area contributed by atoms with Crippen LogP contribution in [0.1, 0.15) is 6.92 Å². The van der Waals surface area contributed by atoms with E-state index >= 15 is 0 Å². The molecule has 0 aromatic rings. The zero-order valence-electron chi connectivity index (χ0n) is 5.89. The van der Waals surface area contributed by atoms with Crippen molar-refractivity contribution < 1.29 is 9.53 Å². The Bertz CT molecular complexity index is 179. The third-order valence-corrected chi connectivity index (χ3v) is 0.785. The van der Waals surface area contributed by atoms with Gasteiger partial charge in [0.25, 0.3) is 0 Å². The lowest BCUT2D eigenvalue weighted by molar-refractivity contribution is -0.138. The van der Waals surface area contributed by atoms with Crippen molar-refractivity contribution >= 4 is 5.97 Å². The summed E-state index contributed by atoms with van der Waals surface area (Å²) in [5, 5.41) is 0. The molecule has 3 nitrogen and oxygen atoms in total. The molecule has 0 aromatic carbocycles. The molecular formula is C7H9NO2. The standard InChI is InChI=1S/C7H9NO2/c1-6(2)7(9)10-5-4-8-3/h1,4-5H2,2H3. The summed E-state index contributed by atoms with van der Waals surface area (Å²) >= 11 is 0. The van der Waals surface area contributed by atoms with E-state index in [-0.39, 0.29) is 13.2 Å². The third kappa shape index (κ3) is 3.67. The molecule has 0 saturated carbocycles. The summed E-state index contributed by atoms with van der Waals surface area (Å²) in [5.74, 6) is -0.427. The molecule has 0 spiro atoms. The molecule has 0 N–H and O–H groups in total. The van der Waals surface area contributed by atoms with Gasteiger partial charge < -0.3 is 9.58 Å². The average molecular weight is 139 g/mol. The fourth-order valence-electron chi connectivity index (χ4n) is 0.307. The van der Waals surface area contributed by atoms with Gasteiger partial charge in [0, 0.05) is 5.57 Å². The molecular weight excluding hydrogens is 130 g/mol. The van der Waals surface area contributed by atoms with E-state index in [4.69, 9.17) is 6.57 Å². The normalized spacial score (nSPS) is 8.00. The van der Waals surface area contributed by atoms with Crippen molar-refractivity contribution in [3.05, 3.63) is 23.6 Å². The molecule has 0 unspecified atom stereocenters. The molecule has 0 atom stereocenters. The van der Waals surface area contributed by atoms with Crippen LogP contribution in [0.4, 0.5) is 0 Å². The fraction of sp³-hybridized carbons (Fsp3) is 0.429. The summed E-state index contributed by atoms with van der Waals surface area (Å²) < 4.78 is 4.59. The number of hydrogen-bond acceptors (Lipinski definition) is 2. The quantitative estimate of drug-likeness (QED) is 0.253. The van der Waals surface area contributed by atoms with Gasteiger partial charge in [-0.05, 0) is 6.92 Å². The molecule has 0 aliphatic carbocycles. The number of nitrogens with zero attached hydrogens (tertiary/aromatic N) is 1. The van der Waals surface area contributed by atoms with Gasteiger partial charge in [-0.2, -0.15) is 0 Å². The lowest BCUT2D eigenvalue weighted by atomic mass is 10.4. The van der Waals surface area contributed by atoms with Crippen LogP contribution in [0.5, 0.6) is 0 Å². The van der Waals surface area contributed by atoms with Gasteiger partial charge in [0.2, 0.25) is 6.54 Å².